The van der Waals surface area contributed by atoms with Crippen molar-refractivity contribution < 1.29 is 21.2 Å². The first-order chi connectivity index (χ1) is 8.63. The maximum Gasteiger partial charge on any atom is 0.247 e. The van der Waals surface area contributed by atoms with Gasteiger partial charge >= 0.3 is 0 Å². The standard InChI is InChI=1S/C10H11FN2O4S2/c1-3-19(16,17)13(18(2,14)15)10-5-4-9(11)6-8(10)7-12/h4-6H,3H2,1-2H3. The SMILES string of the molecule is CCS(=O)(=O)N(c1ccc(F)cc1C#N)S(C)(=O)=O. The molecule has 0 saturated heterocycles. The molecule has 0 unspecified atom stereocenters. The summed E-state index contributed by atoms with van der Waals surface area (Å²) in [7, 11) is -8.31. The van der Waals surface area contributed by atoms with Crippen LogP contribution in [-0.2, 0) is 20.0 Å². The van der Waals surface area contributed by atoms with Gasteiger partial charge in [0, 0.05) is 0 Å². The molecule has 1 aromatic rings. The molecule has 0 saturated carbocycles. The van der Waals surface area contributed by atoms with E-state index in [1.165, 1.54) is 6.92 Å². The largest absolute Gasteiger partial charge is 0.247 e. The molecule has 0 bridgehead atoms. The lowest BCUT2D eigenvalue weighted by atomic mass is 10.2. The minimum absolute atomic E-state index is 0.151. The Balaban J connectivity index is 3.68. The Bertz CT molecular complexity index is 735. The number of nitrogens with zero attached hydrogens (tertiary/aromatic N) is 2. The van der Waals surface area contributed by atoms with Crippen LogP contribution in [0, 0.1) is 17.1 Å². The van der Waals surface area contributed by atoms with Crippen molar-refractivity contribution in [3.8, 4) is 6.07 Å². The zero-order valence-corrected chi connectivity index (χ0v) is 11.8. The van der Waals surface area contributed by atoms with Crippen LogP contribution in [-0.4, -0.2) is 28.8 Å². The van der Waals surface area contributed by atoms with Crippen LogP contribution in [0.5, 0.6) is 0 Å². The Morgan fingerprint density at radius 3 is 2.32 bits per heavy atom. The van der Waals surface area contributed by atoms with E-state index in [9.17, 15) is 21.2 Å². The van der Waals surface area contributed by atoms with Gasteiger partial charge in [0.2, 0.25) is 20.0 Å². The smallest absolute Gasteiger partial charge is 0.207 e. The molecule has 9 heteroatoms. The maximum absolute atomic E-state index is 13.0. The monoisotopic (exact) mass is 306 g/mol. The molecular weight excluding hydrogens is 295 g/mol. The van der Waals surface area contributed by atoms with Crippen LogP contribution in [0.25, 0.3) is 0 Å². The second-order valence-corrected chi connectivity index (χ2v) is 7.80. The molecule has 0 aromatic heterocycles. The number of anilines is 1. The molecule has 0 aliphatic rings. The summed E-state index contributed by atoms with van der Waals surface area (Å²) in [4.78, 5) is 0. The normalized spacial score (nSPS) is 11.9. The van der Waals surface area contributed by atoms with Gasteiger partial charge in [-0.1, -0.05) is 0 Å². The van der Waals surface area contributed by atoms with Crippen LogP contribution in [0.2, 0.25) is 0 Å². The van der Waals surface area contributed by atoms with Crippen LogP contribution in [0.4, 0.5) is 10.1 Å². The third-order valence-corrected chi connectivity index (χ3v) is 5.92. The average molecular weight is 306 g/mol. The molecule has 0 N–H and O–H groups in total. The Labute approximate surface area is 111 Å². The van der Waals surface area contributed by atoms with Crippen molar-refractivity contribution in [2.75, 3.05) is 15.7 Å². The van der Waals surface area contributed by atoms with Gasteiger partial charge < -0.3 is 0 Å². The summed E-state index contributed by atoms with van der Waals surface area (Å²) >= 11 is 0. The molecule has 0 atom stereocenters. The Kier molecular flexibility index (Phi) is 4.17. The molecule has 0 fully saturated rings. The number of nitriles is 1. The third kappa shape index (κ3) is 3.21. The number of benzene rings is 1. The quantitative estimate of drug-likeness (QED) is 0.820. The van der Waals surface area contributed by atoms with Crippen molar-refractivity contribution in [1.82, 2.24) is 0 Å². The predicted molar refractivity (Wildman–Crippen MR) is 67.9 cm³/mol. The van der Waals surface area contributed by atoms with Gasteiger partial charge in [-0.2, -0.15) is 8.97 Å². The van der Waals surface area contributed by atoms with E-state index in [1.807, 2.05) is 0 Å². The van der Waals surface area contributed by atoms with Crippen LogP contribution >= 0.6 is 0 Å². The molecule has 1 aromatic carbocycles. The van der Waals surface area contributed by atoms with E-state index in [2.05, 4.69) is 0 Å². The van der Waals surface area contributed by atoms with E-state index in [-0.39, 0.29) is 15.0 Å². The van der Waals surface area contributed by atoms with E-state index in [1.54, 1.807) is 6.07 Å². The molecule has 0 aliphatic carbocycles. The molecule has 0 amide bonds. The Morgan fingerprint density at radius 1 is 1.32 bits per heavy atom. The first-order valence-electron chi connectivity index (χ1n) is 5.06. The first-order valence-corrected chi connectivity index (χ1v) is 8.52. The Morgan fingerprint density at radius 2 is 1.89 bits per heavy atom. The number of sulfonamides is 2. The summed E-state index contributed by atoms with van der Waals surface area (Å²) in [6, 6.07) is 4.19. The number of hydrogen-bond donors (Lipinski definition) is 0. The van der Waals surface area contributed by atoms with E-state index in [0.717, 1.165) is 18.2 Å². The number of rotatable bonds is 4. The van der Waals surface area contributed by atoms with Crippen LogP contribution in [0.1, 0.15) is 12.5 Å². The van der Waals surface area contributed by atoms with Gasteiger partial charge in [-0.3, -0.25) is 0 Å². The number of hydrogen-bond acceptors (Lipinski definition) is 5. The van der Waals surface area contributed by atoms with Crippen molar-refractivity contribution in [1.29, 1.82) is 5.26 Å². The lowest BCUT2D eigenvalue weighted by Crippen LogP contribution is -2.37. The minimum atomic E-state index is -4.16. The summed E-state index contributed by atoms with van der Waals surface area (Å²) in [5.74, 6) is -1.23. The van der Waals surface area contributed by atoms with E-state index in [4.69, 9.17) is 5.26 Å². The zero-order valence-electron chi connectivity index (χ0n) is 10.2. The third-order valence-electron chi connectivity index (χ3n) is 2.19. The summed E-state index contributed by atoms with van der Waals surface area (Å²) < 4.78 is 60.1. The molecule has 104 valence electrons. The Hall–Kier alpha value is -1.66. The van der Waals surface area contributed by atoms with Gasteiger partial charge in [0.05, 0.1) is 23.3 Å². The summed E-state index contributed by atoms with van der Waals surface area (Å²) in [6.07, 6.45) is 0.699. The summed E-state index contributed by atoms with van der Waals surface area (Å²) in [5.41, 5.74) is -0.754. The molecular formula is C10H11FN2O4S2. The highest BCUT2D eigenvalue weighted by atomic mass is 32.3. The maximum atomic E-state index is 13.0. The highest BCUT2D eigenvalue weighted by Gasteiger charge is 2.31. The van der Waals surface area contributed by atoms with Gasteiger partial charge in [0.25, 0.3) is 0 Å². The van der Waals surface area contributed by atoms with Crippen molar-refractivity contribution in [2.45, 2.75) is 6.92 Å². The molecule has 0 heterocycles. The average Bonchev–Trinajstić information content (AvgIpc) is 2.29. The summed E-state index contributed by atoms with van der Waals surface area (Å²) in [5, 5.41) is 8.86. The minimum Gasteiger partial charge on any atom is -0.207 e. The van der Waals surface area contributed by atoms with Gasteiger partial charge in [-0.15, -0.1) is 0 Å². The first kappa shape index (κ1) is 15.4. The van der Waals surface area contributed by atoms with Crippen molar-refractivity contribution in [3.63, 3.8) is 0 Å². The van der Waals surface area contributed by atoms with Crippen LogP contribution < -0.4 is 3.71 Å². The van der Waals surface area contributed by atoms with E-state index >= 15 is 0 Å². The fraction of sp³-hybridized carbons (Fsp3) is 0.300. The molecule has 6 nitrogen and oxygen atoms in total. The topological polar surface area (TPSA) is 95.3 Å². The molecule has 0 aliphatic heterocycles. The van der Waals surface area contributed by atoms with Gasteiger partial charge in [0.15, 0.2) is 0 Å². The van der Waals surface area contributed by atoms with Crippen LogP contribution in [0.3, 0.4) is 0 Å². The van der Waals surface area contributed by atoms with Gasteiger partial charge in [-0.25, -0.2) is 21.2 Å². The molecule has 0 spiro atoms. The fourth-order valence-corrected chi connectivity index (χ4v) is 4.59. The van der Waals surface area contributed by atoms with Crippen molar-refractivity contribution in [2.24, 2.45) is 0 Å². The van der Waals surface area contributed by atoms with E-state index in [0.29, 0.717) is 6.26 Å². The lowest BCUT2D eigenvalue weighted by Gasteiger charge is -2.22. The van der Waals surface area contributed by atoms with E-state index < -0.39 is 31.6 Å². The fourth-order valence-electron chi connectivity index (χ4n) is 1.41. The van der Waals surface area contributed by atoms with Crippen molar-refractivity contribution in [3.05, 3.63) is 29.6 Å². The number of halogens is 1. The molecule has 19 heavy (non-hydrogen) atoms. The zero-order chi connectivity index (χ0) is 14.8. The van der Waals surface area contributed by atoms with Gasteiger partial charge in [-0.05, 0) is 25.1 Å². The second-order valence-electron chi connectivity index (χ2n) is 3.63. The predicted octanol–water partition coefficient (Wildman–Crippen LogP) is 0.813. The lowest BCUT2D eigenvalue weighted by molar-refractivity contribution is 0.587. The highest BCUT2D eigenvalue weighted by molar-refractivity contribution is 8.09. The second kappa shape index (κ2) is 5.14. The highest BCUT2D eigenvalue weighted by Crippen LogP contribution is 2.26. The molecule has 0 radical (unpaired) electrons. The summed E-state index contributed by atoms with van der Waals surface area (Å²) in [6.45, 7) is 1.27. The molecule has 1 rings (SSSR count). The van der Waals surface area contributed by atoms with Gasteiger partial charge in [0.1, 0.15) is 11.9 Å². The van der Waals surface area contributed by atoms with Crippen LogP contribution in [0.15, 0.2) is 18.2 Å². The van der Waals surface area contributed by atoms with Crippen molar-refractivity contribution >= 4 is 25.7 Å².